The summed E-state index contributed by atoms with van der Waals surface area (Å²) in [5, 5.41) is 16.9. The average Bonchev–Trinajstić information content (AvgIpc) is 3.54. The molecule has 1 amide bonds. The number of benzene rings is 2. The van der Waals surface area contributed by atoms with Gasteiger partial charge in [-0.3, -0.25) is 14.3 Å². The molecule has 1 heterocycles. The number of fused-ring (bicyclic) bond motifs is 1. The lowest BCUT2D eigenvalue weighted by molar-refractivity contribution is -0.114. The van der Waals surface area contributed by atoms with Gasteiger partial charge in [0.25, 0.3) is 5.91 Å². The van der Waals surface area contributed by atoms with Crippen LogP contribution in [-0.4, -0.2) is 33.2 Å². The zero-order valence-corrected chi connectivity index (χ0v) is 21.2. The van der Waals surface area contributed by atoms with Crippen molar-refractivity contribution in [1.82, 2.24) is 15.1 Å². The zero-order chi connectivity index (χ0) is 25.8. The summed E-state index contributed by atoms with van der Waals surface area (Å²) >= 11 is 5.95. The number of rotatable bonds is 9. The molecule has 0 radical (unpaired) electrons. The van der Waals surface area contributed by atoms with Crippen LogP contribution in [-0.2, 0) is 24.2 Å². The minimum absolute atomic E-state index is 0.0519. The molecule has 3 aromatic rings. The number of ketones is 1. The van der Waals surface area contributed by atoms with E-state index in [-0.39, 0.29) is 24.7 Å². The van der Waals surface area contributed by atoms with Crippen molar-refractivity contribution in [2.75, 3.05) is 6.61 Å². The number of hydrogen-bond acceptors (Lipinski definition) is 4. The van der Waals surface area contributed by atoms with E-state index in [0.717, 1.165) is 36.0 Å². The van der Waals surface area contributed by atoms with Crippen molar-refractivity contribution in [2.24, 2.45) is 0 Å². The van der Waals surface area contributed by atoms with Gasteiger partial charge in [0, 0.05) is 35.5 Å². The Hall–Kier alpha value is -3.74. The summed E-state index contributed by atoms with van der Waals surface area (Å²) in [4.78, 5) is 25.7. The Kier molecular flexibility index (Phi) is 7.49. The third-order valence-electron chi connectivity index (χ3n) is 6.66. The molecular weight excluding hydrogens is 486 g/mol. The van der Waals surface area contributed by atoms with Crippen LogP contribution in [0.2, 0.25) is 5.02 Å². The topological polar surface area (TPSA) is 84.2 Å². The highest BCUT2D eigenvalue weighted by atomic mass is 35.5. The first-order valence-electron chi connectivity index (χ1n) is 12.5. The molecule has 2 N–H and O–H groups in total. The molecule has 37 heavy (non-hydrogen) atoms. The van der Waals surface area contributed by atoms with E-state index >= 15 is 0 Å². The van der Waals surface area contributed by atoms with Crippen LogP contribution in [0.25, 0.3) is 6.08 Å². The minimum atomic E-state index is -0.269. The SMILES string of the molecule is O=C1CC=C(NC(=O)c2cnn(Cc3ccc(Cl)cc3)c2)C=C1C1=Cc2cc(CCCCO)ccc2C1. The molecule has 0 saturated heterocycles. The fraction of sp³-hybridized carbons (Fsp3) is 0.233. The maximum absolute atomic E-state index is 12.9. The third-order valence-corrected chi connectivity index (χ3v) is 6.91. The van der Waals surface area contributed by atoms with Crippen molar-refractivity contribution in [3.63, 3.8) is 0 Å². The largest absolute Gasteiger partial charge is 0.396 e. The van der Waals surface area contributed by atoms with Gasteiger partial charge in [0.1, 0.15) is 0 Å². The maximum atomic E-state index is 12.9. The van der Waals surface area contributed by atoms with E-state index in [1.54, 1.807) is 29.2 Å². The molecule has 5 rings (SSSR count). The molecule has 0 aliphatic heterocycles. The van der Waals surface area contributed by atoms with Gasteiger partial charge in [-0.25, -0.2) is 0 Å². The van der Waals surface area contributed by atoms with Gasteiger partial charge in [-0.2, -0.15) is 5.10 Å². The van der Waals surface area contributed by atoms with Crippen LogP contribution in [0.1, 0.15) is 51.9 Å². The molecule has 2 aromatic carbocycles. The molecule has 0 saturated carbocycles. The van der Waals surface area contributed by atoms with Gasteiger partial charge in [0.15, 0.2) is 5.78 Å². The first-order chi connectivity index (χ1) is 18.0. The van der Waals surface area contributed by atoms with Crippen LogP contribution >= 0.6 is 11.6 Å². The molecule has 0 bridgehead atoms. The maximum Gasteiger partial charge on any atom is 0.258 e. The highest BCUT2D eigenvalue weighted by Gasteiger charge is 2.23. The summed E-state index contributed by atoms with van der Waals surface area (Å²) in [5.74, 6) is -0.217. The number of Topliss-reactive ketones (excluding diaryl/α,β-unsaturated/α-hetero) is 1. The molecule has 0 fully saturated rings. The number of carbonyl (C=O) groups excluding carboxylic acids is 2. The monoisotopic (exact) mass is 513 g/mol. The molecule has 188 valence electrons. The fourth-order valence-electron chi connectivity index (χ4n) is 4.67. The van der Waals surface area contributed by atoms with Gasteiger partial charge in [-0.15, -0.1) is 0 Å². The minimum Gasteiger partial charge on any atom is -0.396 e. The molecule has 1 aromatic heterocycles. The van der Waals surface area contributed by atoms with Gasteiger partial charge in [-0.1, -0.05) is 54.1 Å². The molecular formula is C30H28ClN3O3. The number of aromatic nitrogens is 2. The van der Waals surface area contributed by atoms with Crippen molar-refractivity contribution in [1.29, 1.82) is 0 Å². The van der Waals surface area contributed by atoms with Crippen molar-refractivity contribution in [2.45, 2.75) is 38.6 Å². The van der Waals surface area contributed by atoms with Crippen molar-refractivity contribution < 1.29 is 14.7 Å². The molecule has 2 aliphatic rings. The molecule has 6 nitrogen and oxygen atoms in total. The molecule has 2 aliphatic carbocycles. The number of nitrogens with one attached hydrogen (secondary N) is 1. The van der Waals surface area contributed by atoms with Crippen LogP contribution in [0.3, 0.4) is 0 Å². The number of aliphatic hydroxyl groups is 1. The molecule has 0 spiro atoms. The number of unbranched alkanes of at least 4 members (excludes halogenated alkanes) is 1. The van der Waals surface area contributed by atoms with Crippen LogP contribution in [0.4, 0.5) is 0 Å². The number of aryl methyl sites for hydroxylation is 1. The summed E-state index contributed by atoms with van der Waals surface area (Å²) < 4.78 is 1.71. The summed E-state index contributed by atoms with van der Waals surface area (Å²) in [6, 6.07) is 13.9. The second kappa shape index (κ2) is 11.1. The third kappa shape index (κ3) is 5.98. The Bertz CT molecular complexity index is 1430. The van der Waals surface area contributed by atoms with E-state index in [1.165, 1.54) is 11.1 Å². The Morgan fingerprint density at radius 1 is 1.08 bits per heavy atom. The van der Waals surface area contributed by atoms with E-state index in [9.17, 15) is 9.59 Å². The highest BCUT2D eigenvalue weighted by Crippen LogP contribution is 2.33. The Morgan fingerprint density at radius 2 is 1.89 bits per heavy atom. The lowest BCUT2D eigenvalue weighted by atomic mass is 9.93. The summed E-state index contributed by atoms with van der Waals surface area (Å²) in [7, 11) is 0. The van der Waals surface area contributed by atoms with Gasteiger partial charge >= 0.3 is 0 Å². The molecule has 0 unspecified atom stereocenters. The Balaban J connectivity index is 1.25. The first kappa shape index (κ1) is 24.9. The summed E-state index contributed by atoms with van der Waals surface area (Å²) in [6.45, 7) is 0.743. The number of amides is 1. The van der Waals surface area contributed by atoms with E-state index in [0.29, 0.717) is 34.8 Å². The highest BCUT2D eigenvalue weighted by molar-refractivity contribution is 6.30. The summed E-state index contributed by atoms with van der Waals surface area (Å²) in [5.41, 5.74) is 7.29. The number of halogens is 1. The molecule has 7 heteroatoms. The van der Waals surface area contributed by atoms with Gasteiger partial charge in [0.2, 0.25) is 0 Å². The van der Waals surface area contributed by atoms with E-state index in [2.05, 4.69) is 34.7 Å². The van der Waals surface area contributed by atoms with E-state index in [1.807, 2.05) is 24.3 Å². The van der Waals surface area contributed by atoms with Crippen LogP contribution < -0.4 is 5.32 Å². The van der Waals surface area contributed by atoms with Gasteiger partial charge < -0.3 is 10.4 Å². The fourth-order valence-corrected chi connectivity index (χ4v) is 4.79. The smallest absolute Gasteiger partial charge is 0.258 e. The number of hydrogen-bond donors (Lipinski definition) is 2. The number of allylic oxidation sites excluding steroid dienone is 4. The quantitative estimate of drug-likeness (QED) is 0.392. The van der Waals surface area contributed by atoms with Crippen LogP contribution in [0, 0.1) is 0 Å². The van der Waals surface area contributed by atoms with E-state index in [4.69, 9.17) is 16.7 Å². The van der Waals surface area contributed by atoms with Crippen LogP contribution in [0.5, 0.6) is 0 Å². The Labute approximate surface area is 221 Å². The Morgan fingerprint density at radius 3 is 2.70 bits per heavy atom. The molecule has 0 atom stereocenters. The average molecular weight is 514 g/mol. The van der Waals surface area contributed by atoms with Gasteiger partial charge in [-0.05, 0) is 71.7 Å². The lowest BCUT2D eigenvalue weighted by Gasteiger charge is -2.15. The standard InChI is InChI=1S/C30H28ClN3O3/c31-26-8-5-21(6-9-26)18-34-19-25(17-32-34)30(37)33-27-10-11-29(36)28(16-27)24-14-22-7-4-20(3-1-2-12-35)13-23(22)15-24/h4-10,13,15-17,19,35H,1-3,11-12,14,18H2,(H,33,37). The predicted molar refractivity (Wildman–Crippen MR) is 144 cm³/mol. The summed E-state index contributed by atoms with van der Waals surface area (Å²) in [6.07, 6.45) is 12.5. The number of carbonyl (C=O) groups is 2. The van der Waals surface area contributed by atoms with Crippen molar-refractivity contribution in [3.8, 4) is 0 Å². The predicted octanol–water partition coefficient (Wildman–Crippen LogP) is 5.05. The normalized spacial score (nSPS) is 14.6. The number of nitrogens with zero attached hydrogens (tertiary/aromatic N) is 2. The van der Waals surface area contributed by atoms with Crippen molar-refractivity contribution in [3.05, 3.63) is 117 Å². The van der Waals surface area contributed by atoms with E-state index < -0.39 is 0 Å². The lowest BCUT2D eigenvalue weighted by Crippen LogP contribution is -2.24. The first-order valence-corrected chi connectivity index (χ1v) is 12.8. The second-order valence-corrected chi connectivity index (χ2v) is 9.85. The van der Waals surface area contributed by atoms with Crippen molar-refractivity contribution >= 4 is 29.4 Å². The van der Waals surface area contributed by atoms with Crippen LogP contribution in [0.15, 0.2) is 83.9 Å². The second-order valence-electron chi connectivity index (χ2n) is 9.41. The zero-order valence-electron chi connectivity index (χ0n) is 20.4. The number of aliphatic hydroxyl groups excluding tert-OH is 1. The van der Waals surface area contributed by atoms with Gasteiger partial charge in [0.05, 0.1) is 18.3 Å².